The van der Waals surface area contributed by atoms with E-state index in [-0.39, 0.29) is 12.3 Å². The quantitative estimate of drug-likeness (QED) is 0.254. The minimum Gasteiger partial charge on any atom is -0.462 e. The van der Waals surface area contributed by atoms with Gasteiger partial charge in [-0.1, -0.05) is 5.11 Å². The first kappa shape index (κ1) is 11.8. The molecular weight excluding hydrogens is 210 g/mol. The van der Waals surface area contributed by atoms with Crippen molar-refractivity contribution >= 4 is 12.0 Å². The molecule has 84 valence electrons. The zero-order valence-electron chi connectivity index (χ0n) is 8.99. The van der Waals surface area contributed by atoms with Gasteiger partial charge in [0.1, 0.15) is 5.70 Å². The van der Waals surface area contributed by atoms with Gasteiger partial charge in [0, 0.05) is 18.2 Å². The van der Waals surface area contributed by atoms with Crippen LogP contribution in [0, 0.1) is 0 Å². The van der Waals surface area contributed by atoms with Gasteiger partial charge in [-0.05, 0) is 24.6 Å². The lowest BCUT2D eigenvalue weighted by Gasteiger charge is -1.99. The summed E-state index contributed by atoms with van der Waals surface area (Å²) in [7, 11) is 1.74. The molecule has 0 radical (unpaired) electrons. The largest absolute Gasteiger partial charge is 0.462 e. The summed E-state index contributed by atoms with van der Waals surface area (Å²) in [5.41, 5.74) is 8.74. The number of rotatable bonds is 4. The van der Waals surface area contributed by atoms with Crippen LogP contribution in [0.2, 0.25) is 0 Å². The van der Waals surface area contributed by atoms with Gasteiger partial charge in [0.05, 0.1) is 12.3 Å². The molecule has 7 nitrogen and oxygen atoms in total. The second kappa shape index (κ2) is 5.57. The van der Waals surface area contributed by atoms with E-state index in [2.05, 4.69) is 15.1 Å². The second-order valence-electron chi connectivity index (χ2n) is 2.85. The van der Waals surface area contributed by atoms with E-state index in [1.807, 2.05) is 0 Å². The van der Waals surface area contributed by atoms with Crippen molar-refractivity contribution in [3.05, 3.63) is 34.1 Å². The molecule has 0 N–H and O–H groups in total. The summed E-state index contributed by atoms with van der Waals surface area (Å²) in [4.78, 5) is 13.9. The van der Waals surface area contributed by atoms with E-state index in [4.69, 9.17) is 10.3 Å². The number of aromatic nitrogens is 2. The Morgan fingerprint density at radius 1 is 1.81 bits per heavy atom. The van der Waals surface area contributed by atoms with Gasteiger partial charge in [-0.25, -0.2) is 4.79 Å². The van der Waals surface area contributed by atoms with Crippen molar-refractivity contribution < 1.29 is 9.53 Å². The highest BCUT2D eigenvalue weighted by molar-refractivity contribution is 5.92. The number of azide groups is 1. The fourth-order valence-corrected chi connectivity index (χ4v) is 1.03. The molecule has 1 aromatic heterocycles. The predicted molar refractivity (Wildman–Crippen MR) is 57.0 cm³/mol. The second-order valence-corrected chi connectivity index (χ2v) is 2.85. The average molecular weight is 221 g/mol. The standard InChI is InChI=1S/C9H11N5O2/c1-3-16-9(15)8(11-13-10)6-7-4-5-14(2)12-7/h4-6H,3H2,1-2H3/b8-6-. The van der Waals surface area contributed by atoms with Gasteiger partial charge in [-0.2, -0.15) is 5.10 Å². The first-order valence-corrected chi connectivity index (χ1v) is 4.61. The number of aryl methyl sites for hydroxylation is 1. The van der Waals surface area contributed by atoms with Gasteiger partial charge in [-0.3, -0.25) is 4.68 Å². The minimum atomic E-state index is -0.661. The summed E-state index contributed by atoms with van der Waals surface area (Å²) < 4.78 is 6.30. The first-order valence-electron chi connectivity index (χ1n) is 4.61. The van der Waals surface area contributed by atoms with Crippen molar-refractivity contribution in [3.63, 3.8) is 0 Å². The van der Waals surface area contributed by atoms with Crippen molar-refractivity contribution in [2.45, 2.75) is 6.92 Å². The number of carbonyl (C=O) groups is 1. The summed E-state index contributed by atoms with van der Waals surface area (Å²) >= 11 is 0. The van der Waals surface area contributed by atoms with Crippen LogP contribution < -0.4 is 0 Å². The van der Waals surface area contributed by atoms with Crippen LogP contribution in [-0.2, 0) is 16.6 Å². The van der Waals surface area contributed by atoms with Gasteiger partial charge >= 0.3 is 5.97 Å². The molecule has 0 aliphatic heterocycles. The Morgan fingerprint density at radius 3 is 3.06 bits per heavy atom. The summed E-state index contributed by atoms with van der Waals surface area (Å²) in [6.45, 7) is 1.89. The molecule has 0 aliphatic carbocycles. The molecule has 0 fully saturated rings. The lowest BCUT2D eigenvalue weighted by Crippen LogP contribution is -2.05. The lowest BCUT2D eigenvalue weighted by molar-refractivity contribution is -0.138. The molecule has 1 aromatic rings. The molecule has 7 heteroatoms. The zero-order chi connectivity index (χ0) is 12.0. The molecule has 16 heavy (non-hydrogen) atoms. The highest BCUT2D eigenvalue weighted by Gasteiger charge is 2.09. The summed E-state index contributed by atoms with van der Waals surface area (Å²) in [6, 6.07) is 1.69. The maximum absolute atomic E-state index is 11.4. The van der Waals surface area contributed by atoms with E-state index in [0.717, 1.165) is 0 Å². The van der Waals surface area contributed by atoms with Crippen molar-refractivity contribution in [3.8, 4) is 0 Å². The van der Waals surface area contributed by atoms with Crippen LogP contribution >= 0.6 is 0 Å². The van der Waals surface area contributed by atoms with Gasteiger partial charge in [0.15, 0.2) is 0 Å². The van der Waals surface area contributed by atoms with Crippen LogP contribution in [0.1, 0.15) is 12.6 Å². The molecule has 0 unspecified atom stereocenters. The van der Waals surface area contributed by atoms with E-state index < -0.39 is 5.97 Å². The summed E-state index contributed by atoms with van der Waals surface area (Å²) in [5, 5.41) is 7.29. The average Bonchev–Trinajstić information content (AvgIpc) is 2.64. The highest BCUT2D eigenvalue weighted by atomic mass is 16.5. The first-order chi connectivity index (χ1) is 7.67. The topological polar surface area (TPSA) is 92.9 Å². The SMILES string of the molecule is CCOC(=O)/C(=C/c1ccn(C)n1)N=[N+]=[N-]. The normalized spacial score (nSPS) is 10.8. The van der Waals surface area contributed by atoms with Gasteiger partial charge < -0.3 is 4.74 Å². The predicted octanol–water partition coefficient (Wildman–Crippen LogP) is 1.63. The molecule has 1 heterocycles. The van der Waals surface area contributed by atoms with E-state index in [0.29, 0.717) is 5.69 Å². The maximum atomic E-state index is 11.4. The van der Waals surface area contributed by atoms with Crippen LogP contribution in [0.15, 0.2) is 23.1 Å². The van der Waals surface area contributed by atoms with Crippen LogP contribution in [0.4, 0.5) is 0 Å². The van der Waals surface area contributed by atoms with Gasteiger partial charge in [-0.15, -0.1) is 0 Å². The van der Waals surface area contributed by atoms with Crippen molar-refractivity contribution in [1.29, 1.82) is 0 Å². The number of esters is 1. The Morgan fingerprint density at radius 2 is 2.56 bits per heavy atom. The Kier molecular flexibility index (Phi) is 4.11. The fraction of sp³-hybridized carbons (Fsp3) is 0.333. The molecule has 0 amide bonds. The van der Waals surface area contributed by atoms with Crippen molar-refractivity contribution in [1.82, 2.24) is 9.78 Å². The van der Waals surface area contributed by atoms with E-state index in [1.165, 1.54) is 6.08 Å². The molecule has 0 aliphatic rings. The third kappa shape index (κ3) is 3.14. The van der Waals surface area contributed by atoms with Gasteiger partial charge in [0.25, 0.3) is 0 Å². The smallest absolute Gasteiger partial charge is 0.340 e. The molecule has 0 saturated heterocycles. The number of hydrogen-bond donors (Lipinski definition) is 0. The number of nitrogens with zero attached hydrogens (tertiary/aromatic N) is 5. The zero-order valence-corrected chi connectivity index (χ0v) is 8.99. The van der Waals surface area contributed by atoms with E-state index in [1.54, 1.807) is 30.9 Å². The summed E-state index contributed by atoms with van der Waals surface area (Å²) in [6.07, 6.45) is 3.09. The fourth-order valence-electron chi connectivity index (χ4n) is 1.03. The van der Waals surface area contributed by atoms with Crippen LogP contribution in [0.25, 0.3) is 16.5 Å². The molecular formula is C9H11N5O2. The Balaban J connectivity index is 2.97. The molecule has 0 bridgehead atoms. The van der Waals surface area contributed by atoms with Gasteiger partial charge in [0.2, 0.25) is 0 Å². The van der Waals surface area contributed by atoms with Crippen molar-refractivity contribution in [2.75, 3.05) is 6.61 Å². The lowest BCUT2D eigenvalue weighted by atomic mass is 10.3. The number of carbonyl (C=O) groups excluding carboxylic acids is 1. The van der Waals surface area contributed by atoms with Crippen molar-refractivity contribution in [2.24, 2.45) is 12.2 Å². The highest BCUT2D eigenvalue weighted by Crippen LogP contribution is 2.07. The maximum Gasteiger partial charge on any atom is 0.340 e. The monoisotopic (exact) mass is 221 g/mol. The Bertz CT molecular complexity index is 456. The molecule has 1 rings (SSSR count). The molecule has 0 aromatic carbocycles. The number of ether oxygens (including phenoxy) is 1. The van der Waals surface area contributed by atoms with Crippen LogP contribution in [0.3, 0.4) is 0 Å². The van der Waals surface area contributed by atoms with Crippen LogP contribution in [0.5, 0.6) is 0 Å². The number of hydrogen-bond acceptors (Lipinski definition) is 4. The summed E-state index contributed by atoms with van der Waals surface area (Å²) in [5.74, 6) is -0.661. The molecule has 0 saturated carbocycles. The third-order valence-corrected chi connectivity index (χ3v) is 1.66. The van der Waals surface area contributed by atoms with Crippen LogP contribution in [-0.4, -0.2) is 22.4 Å². The van der Waals surface area contributed by atoms with E-state index in [9.17, 15) is 4.79 Å². The third-order valence-electron chi connectivity index (χ3n) is 1.66. The minimum absolute atomic E-state index is 0.108. The Labute approximate surface area is 91.9 Å². The van der Waals surface area contributed by atoms with E-state index >= 15 is 0 Å². The molecule has 0 spiro atoms. The molecule has 0 atom stereocenters. The Hall–Kier alpha value is -2.27.